The molecular formula is C22H22ClN5O4. The van der Waals surface area contributed by atoms with Crippen LogP contribution in [0.1, 0.15) is 41.9 Å². The maximum absolute atomic E-state index is 12.5. The molecule has 0 saturated heterocycles. The third-order valence-corrected chi connectivity index (χ3v) is 5.41. The molecule has 0 spiro atoms. The molecule has 2 aromatic heterocycles. The van der Waals surface area contributed by atoms with Gasteiger partial charge in [-0.3, -0.25) is 4.79 Å². The Morgan fingerprint density at radius 2 is 2.00 bits per heavy atom. The number of carbonyl (C=O) groups excluding carboxylic acids is 2. The summed E-state index contributed by atoms with van der Waals surface area (Å²) in [5, 5.41) is 13.7. The van der Waals surface area contributed by atoms with E-state index in [1.54, 1.807) is 30.3 Å². The molecule has 0 radical (unpaired) electrons. The van der Waals surface area contributed by atoms with Crippen LogP contribution in [0.5, 0.6) is 5.88 Å². The Hall–Kier alpha value is -3.46. The van der Waals surface area contributed by atoms with E-state index in [-0.39, 0.29) is 23.9 Å². The van der Waals surface area contributed by atoms with Crippen molar-refractivity contribution in [2.24, 2.45) is 5.92 Å². The minimum atomic E-state index is -0.557. The summed E-state index contributed by atoms with van der Waals surface area (Å²) in [6.45, 7) is 1.86. The van der Waals surface area contributed by atoms with E-state index in [0.29, 0.717) is 22.3 Å². The Kier molecular flexibility index (Phi) is 6.65. The number of amides is 1. The summed E-state index contributed by atoms with van der Waals surface area (Å²) < 4.78 is 11.4. The normalized spacial score (nSPS) is 18.1. The number of aldehydes is 1. The number of aryl methyl sites for hydroxylation is 1. The van der Waals surface area contributed by atoms with Gasteiger partial charge in [0, 0.05) is 22.2 Å². The highest BCUT2D eigenvalue weighted by atomic mass is 35.5. The van der Waals surface area contributed by atoms with Gasteiger partial charge in [0.1, 0.15) is 12.4 Å². The standard InChI is InChI=1S/C22H22ClN5O4/c1-13-9-17(11-24-20(13)31-18-7-5-14(12-29)6-8-18)25-19(30)21-27-28-22(32-21)26-16-4-2-3-15(23)10-16/h2-4,9-12,14,18H,5-8H2,1H3,(H,25,30)(H,26,28). The van der Waals surface area contributed by atoms with Gasteiger partial charge in [0.25, 0.3) is 0 Å². The van der Waals surface area contributed by atoms with Gasteiger partial charge in [-0.1, -0.05) is 22.8 Å². The van der Waals surface area contributed by atoms with Gasteiger partial charge in [-0.25, -0.2) is 4.98 Å². The molecule has 4 rings (SSSR count). The van der Waals surface area contributed by atoms with Crippen LogP contribution in [0.2, 0.25) is 5.02 Å². The van der Waals surface area contributed by atoms with Crippen LogP contribution in [-0.2, 0) is 4.79 Å². The van der Waals surface area contributed by atoms with Crippen molar-refractivity contribution in [2.75, 3.05) is 10.6 Å². The molecule has 1 aliphatic rings. The second-order valence-corrected chi connectivity index (χ2v) is 8.08. The van der Waals surface area contributed by atoms with Crippen LogP contribution in [0.25, 0.3) is 0 Å². The highest BCUT2D eigenvalue weighted by molar-refractivity contribution is 6.30. The summed E-state index contributed by atoms with van der Waals surface area (Å²) in [7, 11) is 0. The summed E-state index contributed by atoms with van der Waals surface area (Å²) >= 11 is 5.95. The fraction of sp³-hybridized carbons (Fsp3) is 0.318. The zero-order valence-electron chi connectivity index (χ0n) is 17.4. The average molecular weight is 456 g/mol. The first kappa shape index (κ1) is 21.8. The number of carbonyl (C=O) groups is 2. The molecule has 0 atom stereocenters. The van der Waals surface area contributed by atoms with Gasteiger partial charge in [0.15, 0.2) is 0 Å². The zero-order valence-corrected chi connectivity index (χ0v) is 18.1. The number of hydrogen-bond donors (Lipinski definition) is 2. The van der Waals surface area contributed by atoms with Gasteiger partial charge >= 0.3 is 17.8 Å². The van der Waals surface area contributed by atoms with E-state index in [2.05, 4.69) is 25.8 Å². The molecule has 2 heterocycles. The van der Waals surface area contributed by atoms with Crippen LogP contribution in [0.15, 0.2) is 40.9 Å². The molecule has 1 fully saturated rings. The highest BCUT2D eigenvalue weighted by Gasteiger charge is 2.23. The number of nitrogens with zero attached hydrogens (tertiary/aromatic N) is 3. The van der Waals surface area contributed by atoms with Crippen LogP contribution in [0.4, 0.5) is 17.4 Å². The van der Waals surface area contributed by atoms with Crippen molar-refractivity contribution < 1.29 is 18.7 Å². The van der Waals surface area contributed by atoms with Gasteiger partial charge < -0.3 is 24.6 Å². The van der Waals surface area contributed by atoms with Gasteiger partial charge in [0.05, 0.1) is 11.9 Å². The van der Waals surface area contributed by atoms with Crippen molar-refractivity contribution in [3.05, 3.63) is 53.0 Å². The van der Waals surface area contributed by atoms with Gasteiger partial charge in [0.2, 0.25) is 5.88 Å². The average Bonchev–Trinajstić information content (AvgIpc) is 3.25. The Balaban J connectivity index is 1.35. The SMILES string of the molecule is Cc1cc(NC(=O)c2nnc(Nc3cccc(Cl)c3)o2)cnc1OC1CCC(C=O)CC1. The molecule has 1 amide bonds. The number of pyridine rings is 1. The number of hydrogen-bond acceptors (Lipinski definition) is 8. The van der Waals surface area contributed by atoms with Crippen molar-refractivity contribution in [1.29, 1.82) is 0 Å². The van der Waals surface area contributed by atoms with Crippen molar-refractivity contribution in [2.45, 2.75) is 38.7 Å². The lowest BCUT2D eigenvalue weighted by molar-refractivity contribution is -0.112. The number of ether oxygens (including phenoxy) is 1. The number of halogens is 1. The number of anilines is 3. The molecule has 1 aromatic carbocycles. The Morgan fingerprint density at radius 1 is 1.19 bits per heavy atom. The summed E-state index contributed by atoms with van der Waals surface area (Å²) in [5.74, 6) is -0.103. The largest absolute Gasteiger partial charge is 0.474 e. The minimum Gasteiger partial charge on any atom is -0.474 e. The van der Waals surface area contributed by atoms with Crippen molar-refractivity contribution in [3.63, 3.8) is 0 Å². The van der Waals surface area contributed by atoms with E-state index in [1.165, 1.54) is 6.20 Å². The lowest BCUT2D eigenvalue weighted by Crippen LogP contribution is -2.25. The van der Waals surface area contributed by atoms with Crippen LogP contribution in [0, 0.1) is 12.8 Å². The maximum Gasteiger partial charge on any atom is 0.320 e. The predicted octanol–water partition coefficient (Wildman–Crippen LogP) is 4.56. The summed E-state index contributed by atoms with van der Waals surface area (Å²) in [6.07, 6.45) is 5.90. The Labute approximate surface area is 189 Å². The molecule has 0 unspecified atom stereocenters. The lowest BCUT2D eigenvalue weighted by atomic mass is 9.88. The van der Waals surface area contributed by atoms with Crippen LogP contribution >= 0.6 is 11.6 Å². The van der Waals surface area contributed by atoms with E-state index in [4.69, 9.17) is 20.8 Å². The summed E-state index contributed by atoms with van der Waals surface area (Å²) in [6, 6.07) is 8.81. The number of nitrogens with one attached hydrogen (secondary N) is 2. The maximum atomic E-state index is 12.5. The fourth-order valence-electron chi connectivity index (χ4n) is 3.49. The molecule has 32 heavy (non-hydrogen) atoms. The first-order valence-electron chi connectivity index (χ1n) is 10.3. The monoisotopic (exact) mass is 455 g/mol. The Morgan fingerprint density at radius 3 is 2.72 bits per heavy atom. The molecule has 0 bridgehead atoms. The van der Waals surface area contributed by atoms with E-state index >= 15 is 0 Å². The molecule has 10 heteroatoms. The molecule has 1 aliphatic carbocycles. The zero-order chi connectivity index (χ0) is 22.5. The van der Waals surface area contributed by atoms with Crippen LogP contribution in [0.3, 0.4) is 0 Å². The first-order valence-corrected chi connectivity index (χ1v) is 10.6. The summed E-state index contributed by atoms with van der Waals surface area (Å²) in [5.41, 5.74) is 1.92. The lowest BCUT2D eigenvalue weighted by Gasteiger charge is -2.26. The quantitative estimate of drug-likeness (QED) is 0.497. The van der Waals surface area contributed by atoms with Crippen LogP contribution in [-0.4, -0.2) is 33.5 Å². The number of benzene rings is 1. The molecule has 2 N–H and O–H groups in total. The predicted molar refractivity (Wildman–Crippen MR) is 118 cm³/mol. The van der Waals surface area contributed by atoms with Crippen molar-refractivity contribution >= 4 is 41.2 Å². The molecule has 1 saturated carbocycles. The Bertz CT molecular complexity index is 1110. The molecule has 3 aromatic rings. The third-order valence-electron chi connectivity index (χ3n) is 5.17. The van der Waals surface area contributed by atoms with Crippen LogP contribution < -0.4 is 15.4 Å². The second-order valence-electron chi connectivity index (χ2n) is 7.64. The van der Waals surface area contributed by atoms with Crippen molar-refractivity contribution in [1.82, 2.24) is 15.2 Å². The van der Waals surface area contributed by atoms with Gasteiger partial charge in [-0.2, -0.15) is 0 Å². The van der Waals surface area contributed by atoms with Gasteiger partial charge in [-0.05, 0) is 56.9 Å². The molecular weight excluding hydrogens is 434 g/mol. The minimum absolute atomic E-state index is 0.0432. The summed E-state index contributed by atoms with van der Waals surface area (Å²) in [4.78, 5) is 27.7. The number of aromatic nitrogens is 3. The topological polar surface area (TPSA) is 119 Å². The van der Waals surface area contributed by atoms with Gasteiger partial charge in [-0.15, -0.1) is 5.10 Å². The van der Waals surface area contributed by atoms with E-state index in [0.717, 1.165) is 37.5 Å². The van der Waals surface area contributed by atoms with E-state index in [9.17, 15) is 9.59 Å². The second kappa shape index (κ2) is 9.78. The molecule has 9 nitrogen and oxygen atoms in total. The smallest absolute Gasteiger partial charge is 0.320 e. The van der Waals surface area contributed by atoms with Crippen molar-refractivity contribution in [3.8, 4) is 5.88 Å². The molecule has 0 aliphatic heterocycles. The number of rotatable bonds is 7. The third kappa shape index (κ3) is 5.42. The van der Waals surface area contributed by atoms with E-state index in [1.807, 2.05) is 6.92 Å². The molecule has 166 valence electrons. The first-order chi connectivity index (χ1) is 15.5. The highest BCUT2D eigenvalue weighted by Crippen LogP contribution is 2.28. The fourth-order valence-corrected chi connectivity index (χ4v) is 3.68. The van der Waals surface area contributed by atoms with E-state index < -0.39 is 5.91 Å².